The Hall–Kier alpha value is -1.41. The van der Waals surface area contributed by atoms with Crippen molar-refractivity contribution in [2.45, 2.75) is 6.42 Å². The van der Waals surface area contributed by atoms with E-state index >= 15 is 0 Å². The molecule has 1 saturated heterocycles. The zero-order valence-electron chi connectivity index (χ0n) is 8.28. The highest BCUT2D eigenvalue weighted by molar-refractivity contribution is 7.80. The molecule has 0 aromatic carbocycles. The maximum absolute atomic E-state index is 11.3. The van der Waals surface area contributed by atoms with E-state index in [0.29, 0.717) is 6.54 Å². The average molecular weight is 233 g/mol. The van der Waals surface area contributed by atoms with Gasteiger partial charge in [-0.3, -0.25) is 25.9 Å². The standard InChI is InChI=1S/C7H12N4O3S/c1-14-6(13)4-2-5(12)10-11(3-4)7(15)9-8/h4H,2-3,8H2,1H3,(H,9,15)(H,10,12)/p+1. The number of methoxy groups -OCH3 is 1. The Morgan fingerprint density at radius 1 is 1.80 bits per heavy atom. The van der Waals surface area contributed by atoms with Crippen LogP contribution >= 0.6 is 12.2 Å². The summed E-state index contributed by atoms with van der Waals surface area (Å²) in [6.07, 6.45) is 0.114. The third-order valence-corrected chi connectivity index (χ3v) is 2.39. The molecule has 84 valence electrons. The van der Waals surface area contributed by atoms with Gasteiger partial charge in [0.1, 0.15) is 0 Å². The van der Waals surface area contributed by atoms with Crippen LogP contribution in [-0.4, -0.2) is 35.7 Å². The lowest BCUT2D eigenvalue weighted by Gasteiger charge is -2.31. The largest absolute Gasteiger partial charge is 0.469 e. The van der Waals surface area contributed by atoms with Crippen molar-refractivity contribution < 1.29 is 20.2 Å². The van der Waals surface area contributed by atoms with Gasteiger partial charge in [0.25, 0.3) is 0 Å². The van der Waals surface area contributed by atoms with Gasteiger partial charge in [0.2, 0.25) is 11.0 Å². The highest BCUT2D eigenvalue weighted by atomic mass is 32.1. The Bertz CT molecular complexity index is 270. The molecule has 1 rings (SSSR count). The SMILES string of the molecule is COC(=O)C1CC(=O)NN(C(=S)N[NH3+])C1. The van der Waals surface area contributed by atoms with Crippen LogP contribution in [0.25, 0.3) is 0 Å². The first-order valence-electron chi connectivity index (χ1n) is 4.30. The highest BCUT2D eigenvalue weighted by Gasteiger charge is 2.32. The van der Waals surface area contributed by atoms with Gasteiger partial charge in [-0.1, -0.05) is 0 Å². The van der Waals surface area contributed by atoms with Crippen molar-refractivity contribution in [3.8, 4) is 0 Å². The van der Waals surface area contributed by atoms with E-state index in [4.69, 9.17) is 12.2 Å². The predicted octanol–water partition coefficient (Wildman–Crippen LogP) is -2.46. The third kappa shape index (κ3) is 2.77. The highest BCUT2D eigenvalue weighted by Crippen LogP contribution is 2.12. The molecule has 1 aliphatic heterocycles. The molecular weight excluding hydrogens is 220 g/mol. The molecule has 15 heavy (non-hydrogen) atoms. The molecule has 0 spiro atoms. The average Bonchev–Trinajstić information content (AvgIpc) is 2.26. The number of rotatable bonds is 1. The summed E-state index contributed by atoms with van der Waals surface area (Å²) in [5.74, 6) is 2.20. The van der Waals surface area contributed by atoms with Crippen LogP contribution in [0.3, 0.4) is 0 Å². The Morgan fingerprint density at radius 2 is 2.47 bits per heavy atom. The summed E-state index contributed by atoms with van der Waals surface area (Å²) in [4.78, 5) is 22.5. The van der Waals surface area contributed by atoms with Gasteiger partial charge < -0.3 is 4.74 Å². The summed E-state index contributed by atoms with van der Waals surface area (Å²) in [5, 5.41) is 1.63. The minimum Gasteiger partial charge on any atom is -0.469 e. The number of thiocarbonyl (C=S) groups is 1. The topological polar surface area (TPSA) is 98.3 Å². The van der Waals surface area contributed by atoms with Crippen LogP contribution in [0.15, 0.2) is 0 Å². The monoisotopic (exact) mass is 233 g/mol. The molecule has 1 unspecified atom stereocenters. The number of hydrogen-bond donors (Lipinski definition) is 3. The van der Waals surface area contributed by atoms with Gasteiger partial charge >= 0.3 is 5.97 Å². The number of carbonyl (C=O) groups is 2. The van der Waals surface area contributed by atoms with Crippen LogP contribution in [0.2, 0.25) is 0 Å². The number of nitrogens with one attached hydrogen (secondary N) is 2. The normalized spacial score (nSPS) is 20.5. The van der Waals surface area contributed by atoms with E-state index in [1.807, 2.05) is 0 Å². The third-order valence-electron chi connectivity index (χ3n) is 2.03. The predicted molar refractivity (Wildman–Crippen MR) is 53.6 cm³/mol. The molecular formula is C7H13N4O3S+. The van der Waals surface area contributed by atoms with Crippen molar-refractivity contribution in [1.82, 2.24) is 15.9 Å². The Kier molecular flexibility index (Phi) is 3.81. The number of esters is 1. The zero-order valence-corrected chi connectivity index (χ0v) is 9.10. The van der Waals surface area contributed by atoms with Crippen molar-refractivity contribution in [3.63, 3.8) is 0 Å². The Balaban J connectivity index is 2.67. The van der Waals surface area contributed by atoms with Crippen molar-refractivity contribution in [2.75, 3.05) is 13.7 Å². The maximum Gasteiger partial charge on any atom is 0.311 e. The van der Waals surface area contributed by atoms with Crippen LogP contribution in [0.5, 0.6) is 0 Å². The number of hydrazine groups is 1. The van der Waals surface area contributed by atoms with E-state index in [1.165, 1.54) is 12.1 Å². The maximum atomic E-state index is 11.3. The van der Waals surface area contributed by atoms with Crippen molar-refractivity contribution in [1.29, 1.82) is 0 Å². The molecule has 1 amide bonds. The smallest absolute Gasteiger partial charge is 0.311 e. The fourth-order valence-corrected chi connectivity index (χ4v) is 1.42. The van der Waals surface area contributed by atoms with Gasteiger partial charge in [0, 0.05) is 6.42 Å². The molecule has 0 radical (unpaired) electrons. The molecule has 7 nitrogen and oxygen atoms in total. The summed E-state index contributed by atoms with van der Waals surface area (Å²) < 4.78 is 4.57. The van der Waals surface area contributed by atoms with Gasteiger partial charge in [0.05, 0.1) is 19.6 Å². The fraction of sp³-hybridized carbons (Fsp3) is 0.571. The second kappa shape index (κ2) is 4.89. The number of amides is 1. The molecule has 0 saturated carbocycles. The molecule has 0 aromatic heterocycles. The van der Waals surface area contributed by atoms with Crippen molar-refractivity contribution in [2.24, 2.45) is 5.92 Å². The Morgan fingerprint density at radius 3 is 3.00 bits per heavy atom. The molecule has 1 aliphatic rings. The van der Waals surface area contributed by atoms with E-state index < -0.39 is 11.9 Å². The van der Waals surface area contributed by atoms with Gasteiger partial charge in [-0.2, -0.15) is 0 Å². The molecule has 1 atom stereocenters. The zero-order chi connectivity index (χ0) is 11.4. The molecule has 0 aliphatic carbocycles. The number of hydrogen-bond acceptors (Lipinski definition) is 4. The first-order valence-corrected chi connectivity index (χ1v) is 4.71. The van der Waals surface area contributed by atoms with Crippen LogP contribution in [0.1, 0.15) is 6.42 Å². The second-order valence-corrected chi connectivity index (χ2v) is 3.44. The number of nitrogens with zero attached hydrogens (tertiary/aromatic N) is 1. The number of ether oxygens (including phenoxy) is 1. The summed E-state index contributed by atoms with van der Waals surface area (Å²) in [6.45, 7) is 0.291. The molecule has 8 heteroatoms. The van der Waals surface area contributed by atoms with E-state index in [-0.39, 0.29) is 17.4 Å². The first kappa shape index (κ1) is 11.7. The lowest BCUT2D eigenvalue weighted by molar-refractivity contribution is -0.420. The van der Waals surface area contributed by atoms with Crippen molar-refractivity contribution in [3.05, 3.63) is 0 Å². The minimum absolute atomic E-state index is 0.114. The molecule has 5 N–H and O–H groups in total. The number of quaternary nitrogens is 1. The minimum atomic E-state index is -0.491. The lowest BCUT2D eigenvalue weighted by Crippen LogP contribution is -2.72. The fourth-order valence-electron chi connectivity index (χ4n) is 1.30. The second-order valence-electron chi connectivity index (χ2n) is 3.05. The van der Waals surface area contributed by atoms with Gasteiger partial charge in [-0.15, -0.1) is 0 Å². The van der Waals surface area contributed by atoms with Gasteiger partial charge in [-0.25, -0.2) is 5.43 Å². The summed E-state index contributed by atoms with van der Waals surface area (Å²) in [7, 11) is 1.29. The van der Waals surface area contributed by atoms with E-state index in [2.05, 4.69) is 21.4 Å². The summed E-state index contributed by atoms with van der Waals surface area (Å²) in [6, 6.07) is 0. The van der Waals surface area contributed by atoms with Crippen LogP contribution < -0.4 is 16.7 Å². The van der Waals surface area contributed by atoms with Crippen LogP contribution in [0, 0.1) is 5.92 Å². The van der Waals surface area contributed by atoms with Crippen LogP contribution in [0.4, 0.5) is 0 Å². The summed E-state index contributed by atoms with van der Waals surface area (Å²) in [5.41, 5.74) is 4.99. The van der Waals surface area contributed by atoms with E-state index in [9.17, 15) is 9.59 Å². The summed E-state index contributed by atoms with van der Waals surface area (Å²) >= 11 is 4.89. The molecule has 1 fully saturated rings. The quantitative estimate of drug-likeness (QED) is 0.264. The number of carbonyl (C=O) groups excluding carboxylic acids is 2. The molecule has 0 aromatic rings. The van der Waals surface area contributed by atoms with E-state index in [0.717, 1.165) is 0 Å². The molecule has 1 heterocycles. The first-order chi connectivity index (χ1) is 7.08. The lowest BCUT2D eigenvalue weighted by atomic mass is 10.0. The van der Waals surface area contributed by atoms with Crippen molar-refractivity contribution >= 4 is 29.2 Å². The Labute approximate surface area is 91.9 Å². The van der Waals surface area contributed by atoms with E-state index in [1.54, 1.807) is 0 Å². The molecule has 0 bridgehead atoms. The van der Waals surface area contributed by atoms with Crippen LogP contribution in [-0.2, 0) is 14.3 Å². The van der Waals surface area contributed by atoms with Gasteiger partial charge in [0.15, 0.2) is 0 Å². The van der Waals surface area contributed by atoms with Gasteiger partial charge in [-0.05, 0) is 12.2 Å².